The molecule has 0 amide bonds. The third-order valence-electron chi connectivity index (χ3n) is 4.39. The van der Waals surface area contributed by atoms with Crippen LogP contribution in [0.3, 0.4) is 0 Å². The maximum absolute atomic E-state index is 12.4. The molecule has 1 aliphatic heterocycles. The van der Waals surface area contributed by atoms with Crippen molar-refractivity contribution in [3.8, 4) is 0 Å². The molecule has 2 heterocycles. The molecule has 21 heavy (non-hydrogen) atoms. The molecule has 4 nitrogen and oxygen atoms in total. The van der Waals surface area contributed by atoms with Gasteiger partial charge in [-0.1, -0.05) is 13.8 Å². The van der Waals surface area contributed by atoms with Crippen LogP contribution in [0.2, 0.25) is 0 Å². The predicted octanol–water partition coefficient (Wildman–Crippen LogP) is 3.21. The summed E-state index contributed by atoms with van der Waals surface area (Å²) in [4.78, 5) is 13.1. The second-order valence-corrected chi connectivity index (χ2v) is 7.57. The molecule has 3 rings (SSSR count). The van der Waals surface area contributed by atoms with Gasteiger partial charge in [0.25, 0.3) is 0 Å². The largest absolute Gasteiger partial charge is 0.397 e. The number of hydrogen-bond donors (Lipinski definition) is 3. The number of anilines is 2. The molecule has 1 saturated carbocycles. The molecule has 2 fully saturated rings. The topological polar surface area (TPSA) is 67.2 Å². The van der Waals surface area contributed by atoms with Gasteiger partial charge in [-0.05, 0) is 44.7 Å². The van der Waals surface area contributed by atoms with Crippen molar-refractivity contribution in [2.75, 3.05) is 24.1 Å². The number of ketones is 1. The number of piperidine rings is 1. The van der Waals surface area contributed by atoms with Crippen molar-refractivity contribution in [2.24, 2.45) is 5.92 Å². The summed E-state index contributed by atoms with van der Waals surface area (Å²) in [6.07, 6.45) is 4.68. The normalized spacial score (nSPS) is 20.0. The highest BCUT2D eigenvalue weighted by atomic mass is 32.1. The minimum Gasteiger partial charge on any atom is -0.397 e. The van der Waals surface area contributed by atoms with Gasteiger partial charge in [-0.3, -0.25) is 4.79 Å². The Morgan fingerprint density at radius 3 is 2.52 bits per heavy atom. The first-order valence-electron chi connectivity index (χ1n) is 8.01. The van der Waals surface area contributed by atoms with Gasteiger partial charge in [0.1, 0.15) is 0 Å². The third kappa shape index (κ3) is 3.09. The average Bonchev–Trinajstić information content (AvgIpc) is 3.24. The summed E-state index contributed by atoms with van der Waals surface area (Å²) >= 11 is 1.58. The molecule has 4 N–H and O–H groups in total. The van der Waals surface area contributed by atoms with Crippen molar-refractivity contribution in [3.05, 3.63) is 10.4 Å². The van der Waals surface area contributed by atoms with E-state index in [0.717, 1.165) is 41.5 Å². The summed E-state index contributed by atoms with van der Waals surface area (Å²) in [6.45, 7) is 6.01. The first-order valence-corrected chi connectivity index (χ1v) is 8.83. The van der Waals surface area contributed by atoms with E-state index in [0.29, 0.717) is 12.0 Å². The molecule has 116 valence electrons. The van der Waals surface area contributed by atoms with Crippen molar-refractivity contribution in [2.45, 2.75) is 51.5 Å². The van der Waals surface area contributed by atoms with E-state index < -0.39 is 0 Å². The molecular weight excluding hydrogens is 282 g/mol. The summed E-state index contributed by atoms with van der Waals surface area (Å²) in [6, 6.07) is 0.504. The van der Waals surface area contributed by atoms with E-state index in [9.17, 15) is 4.79 Å². The Bertz CT molecular complexity index is 528. The molecule has 1 aromatic heterocycles. The number of rotatable bonds is 5. The Hall–Kier alpha value is -1.07. The van der Waals surface area contributed by atoms with Gasteiger partial charge in [-0.2, -0.15) is 0 Å². The lowest BCUT2D eigenvalue weighted by molar-refractivity contribution is 0.0944. The lowest BCUT2D eigenvalue weighted by Crippen LogP contribution is -2.35. The molecule has 0 spiro atoms. The fourth-order valence-electron chi connectivity index (χ4n) is 2.94. The maximum atomic E-state index is 12.4. The molecule has 0 bridgehead atoms. The molecule has 0 aromatic carbocycles. The molecule has 1 aromatic rings. The summed E-state index contributed by atoms with van der Waals surface area (Å²) in [5.41, 5.74) is 8.30. The van der Waals surface area contributed by atoms with Crippen molar-refractivity contribution in [1.82, 2.24) is 5.32 Å². The van der Waals surface area contributed by atoms with Crippen molar-refractivity contribution < 1.29 is 4.79 Å². The number of hydrogen-bond acceptors (Lipinski definition) is 5. The minimum absolute atomic E-state index is 0.00438. The van der Waals surface area contributed by atoms with Crippen molar-refractivity contribution in [1.29, 1.82) is 0 Å². The van der Waals surface area contributed by atoms with Crippen LogP contribution in [-0.2, 0) is 0 Å². The van der Waals surface area contributed by atoms with E-state index in [-0.39, 0.29) is 11.7 Å². The van der Waals surface area contributed by atoms with Crippen LogP contribution in [0.4, 0.5) is 10.7 Å². The van der Waals surface area contributed by atoms with Crippen molar-refractivity contribution >= 4 is 27.8 Å². The highest BCUT2D eigenvalue weighted by Crippen LogP contribution is 2.51. The molecule has 1 aliphatic carbocycles. The molecule has 0 atom stereocenters. The fourth-order valence-corrected chi connectivity index (χ4v) is 4.31. The Balaban J connectivity index is 1.87. The zero-order valence-corrected chi connectivity index (χ0v) is 13.7. The van der Waals surface area contributed by atoms with Crippen LogP contribution in [0.15, 0.2) is 0 Å². The van der Waals surface area contributed by atoms with E-state index in [1.54, 1.807) is 11.3 Å². The monoisotopic (exact) mass is 307 g/mol. The Morgan fingerprint density at radius 2 is 1.95 bits per heavy atom. The quantitative estimate of drug-likeness (QED) is 0.731. The van der Waals surface area contributed by atoms with Crippen LogP contribution in [0, 0.1) is 5.92 Å². The number of Topliss-reactive ketones (excluding diaryl/α,β-unsaturated/α-hetero) is 1. The molecule has 0 unspecified atom stereocenters. The summed E-state index contributed by atoms with van der Waals surface area (Å²) in [5.74, 6) is 0.752. The van der Waals surface area contributed by atoms with E-state index in [1.165, 1.54) is 18.4 Å². The SMILES string of the molecule is CC(C)C(=O)c1sc(NC2CCNCC2)c(C2CC2)c1N. The number of nitrogen functional groups attached to an aromatic ring is 1. The molecule has 2 aliphatic rings. The highest BCUT2D eigenvalue weighted by Gasteiger charge is 2.33. The van der Waals surface area contributed by atoms with E-state index in [4.69, 9.17) is 5.73 Å². The molecule has 1 saturated heterocycles. The maximum Gasteiger partial charge on any atom is 0.177 e. The fraction of sp³-hybridized carbons (Fsp3) is 0.688. The lowest BCUT2D eigenvalue weighted by Gasteiger charge is -2.24. The second kappa shape index (κ2) is 5.97. The van der Waals surface area contributed by atoms with Crippen LogP contribution < -0.4 is 16.4 Å². The van der Waals surface area contributed by atoms with Gasteiger partial charge in [0.15, 0.2) is 5.78 Å². The predicted molar refractivity (Wildman–Crippen MR) is 89.4 cm³/mol. The molecule has 0 radical (unpaired) electrons. The summed E-state index contributed by atoms with van der Waals surface area (Å²) in [5, 5.41) is 8.21. The first-order chi connectivity index (χ1) is 10.1. The molecule has 5 heteroatoms. The van der Waals surface area contributed by atoms with Gasteiger partial charge in [0.2, 0.25) is 0 Å². The van der Waals surface area contributed by atoms with Crippen LogP contribution in [0.5, 0.6) is 0 Å². The van der Waals surface area contributed by atoms with Crippen molar-refractivity contribution in [3.63, 3.8) is 0 Å². The standard InChI is InChI=1S/C16H25N3OS/c1-9(2)14(20)15-13(17)12(10-3-4-10)16(21-15)19-11-5-7-18-8-6-11/h9-11,18-19H,3-8,17H2,1-2H3. The lowest BCUT2D eigenvalue weighted by atomic mass is 10.0. The van der Waals surface area contributed by atoms with Gasteiger partial charge in [-0.15, -0.1) is 11.3 Å². The van der Waals surface area contributed by atoms with Crippen LogP contribution in [0.1, 0.15) is 60.7 Å². The van der Waals surface area contributed by atoms with E-state index >= 15 is 0 Å². The Kier molecular flexibility index (Phi) is 4.22. The van der Waals surface area contributed by atoms with Gasteiger partial charge in [0, 0.05) is 17.5 Å². The second-order valence-electron chi connectivity index (χ2n) is 6.55. The van der Waals surface area contributed by atoms with Gasteiger partial charge in [-0.25, -0.2) is 0 Å². The van der Waals surface area contributed by atoms with E-state index in [2.05, 4.69) is 10.6 Å². The number of nitrogens with one attached hydrogen (secondary N) is 2. The Labute approximate surface area is 130 Å². The van der Waals surface area contributed by atoms with E-state index in [1.807, 2.05) is 13.8 Å². The summed E-state index contributed by atoms with van der Waals surface area (Å²) in [7, 11) is 0. The number of nitrogens with two attached hydrogens (primary N) is 1. The summed E-state index contributed by atoms with van der Waals surface area (Å²) < 4.78 is 0. The third-order valence-corrected chi connectivity index (χ3v) is 5.56. The first kappa shape index (κ1) is 14.9. The molecular formula is C16H25N3OS. The number of carbonyl (C=O) groups is 1. The number of carbonyl (C=O) groups excluding carboxylic acids is 1. The van der Waals surface area contributed by atoms with Crippen LogP contribution >= 0.6 is 11.3 Å². The van der Waals surface area contributed by atoms with Gasteiger partial charge in [0.05, 0.1) is 15.6 Å². The smallest absolute Gasteiger partial charge is 0.177 e. The van der Waals surface area contributed by atoms with Gasteiger partial charge >= 0.3 is 0 Å². The highest BCUT2D eigenvalue weighted by molar-refractivity contribution is 7.18. The zero-order valence-electron chi connectivity index (χ0n) is 12.9. The average molecular weight is 307 g/mol. The van der Waals surface area contributed by atoms with Gasteiger partial charge < -0.3 is 16.4 Å². The van der Waals surface area contributed by atoms with Crippen LogP contribution in [-0.4, -0.2) is 24.9 Å². The Morgan fingerprint density at radius 1 is 1.29 bits per heavy atom. The van der Waals surface area contributed by atoms with Crippen LogP contribution in [0.25, 0.3) is 0 Å². The zero-order chi connectivity index (χ0) is 15.0. The minimum atomic E-state index is 0.00438. The number of thiophene rings is 1.